The molecule has 0 heterocycles. The number of para-hydroxylation sites is 1. The van der Waals surface area contributed by atoms with Gasteiger partial charge in [-0.1, -0.05) is 48.5 Å². The Morgan fingerprint density at radius 3 is 1.93 bits per heavy atom. The molecule has 0 saturated carbocycles. The predicted octanol–water partition coefficient (Wildman–Crippen LogP) is 4.00. The van der Waals surface area contributed by atoms with Crippen molar-refractivity contribution in [3.05, 3.63) is 90.5 Å². The first-order valence-electron chi connectivity index (χ1n) is 9.32. The van der Waals surface area contributed by atoms with Crippen LogP contribution in [0.1, 0.15) is 12.0 Å². The van der Waals surface area contributed by atoms with Gasteiger partial charge in [-0.25, -0.2) is 0 Å². The number of carboxylic acid groups (broad SMARTS) is 1. The molecule has 0 aromatic heterocycles. The number of nitrogens with one attached hydrogen (secondary N) is 3. The monoisotopic (exact) mass is 389 g/mol. The Kier molecular flexibility index (Phi) is 6.97. The van der Waals surface area contributed by atoms with Crippen LogP contribution in [-0.4, -0.2) is 23.0 Å². The van der Waals surface area contributed by atoms with Gasteiger partial charge in [0.25, 0.3) is 0 Å². The van der Waals surface area contributed by atoms with E-state index in [1.54, 1.807) is 12.1 Å². The average Bonchev–Trinajstić information content (AvgIpc) is 2.74. The van der Waals surface area contributed by atoms with Gasteiger partial charge in [-0.15, -0.1) is 0 Å². The molecule has 1 amide bonds. The molecule has 3 aromatic carbocycles. The maximum Gasteiger partial charge on any atom is 0.321 e. The number of carbonyl (C=O) groups is 2. The summed E-state index contributed by atoms with van der Waals surface area (Å²) in [5, 5.41) is 18.3. The Morgan fingerprint density at radius 2 is 1.31 bits per heavy atom. The normalized spacial score (nSPS) is 11.4. The van der Waals surface area contributed by atoms with Crippen molar-refractivity contribution >= 4 is 28.9 Å². The summed E-state index contributed by atoms with van der Waals surface area (Å²) in [5.41, 5.74) is 3.43. The standard InChI is InChI=1S/C23H23N3O3/c27-22(15-21(23(28)29)24-16-17-7-3-1-4-8-17)26-20-13-11-19(12-14-20)25-18-9-5-2-6-10-18/h1-14,21,24-25H,15-16H2,(H,26,27)(H,28,29). The second-order valence-corrected chi connectivity index (χ2v) is 6.58. The highest BCUT2D eigenvalue weighted by atomic mass is 16.4. The van der Waals surface area contributed by atoms with Crippen molar-refractivity contribution in [2.75, 3.05) is 10.6 Å². The van der Waals surface area contributed by atoms with E-state index < -0.39 is 12.0 Å². The molecule has 0 saturated heterocycles. The minimum atomic E-state index is -1.06. The molecular formula is C23H23N3O3. The molecule has 0 bridgehead atoms. The van der Waals surface area contributed by atoms with Crippen molar-refractivity contribution < 1.29 is 14.7 Å². The van der Waals surface area contributed by atoms with Gasteiger partial charge in [0.2, 0.25) is 5.91 Å². The van der Waals surface area contributed by atoms with Gasteiger partial charge >= 0.3 is 5.97 Å². The van der Waals surface area contributed by atoms with Gasteiger partial charge in [-0.05, 0) is 42.0 Å². The van der Waals surface area contributed by atoms with Crippen molar-refractivity contribution in [1.82, 2.24) is 5.32 Å². The Hall–Kier alpha value is -3.64. The van der Waals surface area contributed by atoms with Gasteiger partial charge in [0.05, 0.1) is 6.42 Å². The Balaban J connectivity index is 1.52. The van der Waals surface area contributed by atoms with Crippen LogP contribution in [0.25, 0.3) is 0 Å². The summed E-state index contributed by atoms with van der Waals surface area (Å²) in [6, 6.07) is 25.5. The van der Waals surface area contributed by atoms with Crippen LogP contribution in [0, 0.1) is 0 Å². The molecule has 29 heavy (non-hydrogen) atoms. The smallest absolute Gasteiger partial charge is 0.321 e. The zero-order valence-corrected chi connectivity index (χ0v) is 15.8. The van der Waals surface area contributed by atoms with Crippen LogP contribution in [0.3, 0.4) is 0 Å². The van der Waals surface area contributed by atoms with Crippen molar-refractivity contribution in [1.29, 1.82) is 0 Å². The highest BCUT2D eigenvalue weighted by Gasteiger charge is 2.20. The molecule has 0 aliphatic rings. The Morgan fingerprint density at radius 1 is 0.759 bits per heavy atom. The highest BCUT2D eigenvalue weighted by molar-refractivity contribution is 5.94. The number of carbonyl (C=O) groups excluding carboxylic acids is 1. The first kappa shape index (κ1) is 20.1. The number of amides is 1. The van der Waals surface area contributed by atoms with Crippen molar-refractivity contribution in [3.63, 3.8) is 0 Å². The fraction of sp³-hybridized carbons (Fsp3) is 0.130. The van der Waals surface area contributed by atoms with Crippen LogP contribution in [-0.2, 0) is 16.1 Å². The molecular weight excluding hydrogens is 366 g/mol. The highest BCUT2D eigenvalue weighted by Crippen LogP contribution is 2.18. The van der Waals surface area contributed by atoms with E-state index in [0.717, 1.165) is 16.9 Å². The van der Waals surface area contributed by atoms with E-state index in [0.29, 0.717) is 12.2 Å². The summed E-state index contributed by atoms with van der Waals surface area (Å²) in [4.78, 5) is 23.8. The average molecular weight is 389 g/mol. The van der Waals surface area contributed by atoms with Crippen molar-refractivity contribution in [3.8, 4) is 0 Å². The van der Waals surface area contributed by atoms with Gasteiger partial charge in [-0.2, -0.15) is 0 Å². The number of anilines is 3. The molecule has 4 N–H and O–H groups in total. The van der Waals surface area contributed by atoms with Gasteiger partial charge in [0.1, 0.15) is 6.04 Å². The quantitative estimate of drug-likeness (QED) is 0.444. The Labute approximate surface area is 169 Å². The Bertz CT molecular complexity index is 929. The number of hydrogen-bond donors (Lipinski definition) is 4. The summed E-state index contributed by atoms with van der Waals surface area (Å²) in [7, 11) is 0. The molecule has 0 spiro atoms. The van der Waals surface area contributed by atoms with Gasteiger partial charge in [0.15, 0.2) is 0 Å². The van der Waals surface area contributed by atoms with E-state index >= 15 is 0 Å². The fourth-order valence-corrected chi connectivity index (χ4v) is 2.81. The van der Waals surface area contributed by atoms with E-state index in [1.807, 2.05) is 72.8 Å². The second kappa shape index (κ2) is 10.1. The van der Waals surface area contributed by atoms with Crippen LogP contribution >= 0.6 is 0 Å². The van der Waals surface area contributed by atoms with E-state index in [2.05, 4.69) is 16.0 Å². The molecule has 0 radical (unpaired) electrons. The molecule has 3 aromatic rings. The molecule has 0 fully saturated rings. The van der Waals surface area contributed by atoms with Crippen LogP contribution in [0.15, 0.2) is 84.9 Å². The third-order valence-electron chi connectivity index (χ3n) is 4.31. The van der Waals surface area contributed by atoms with Crippen LogP contribution < -0.4 is 16.0 Å². The fourth-order valence-electron chi connectivity index (χ4n) is 2.81. The number of carboxylic acids is 1. The second-order valence-electron chi connectivity index (χ2n) is 6.58. The largest absolute Gasteiger partial charge is 0.480 e. The first-order valence-corrected chi connectivity index (χ1v) is 9.32. The van der Waals surface area contributed by atoms with Crippen molar-refractivity contribution in [2.45, 2.75) is 19.0 Å². The SMILES string of the molecule is O=C(CC(NCc1ccccc1)C(=O)O)Nc1ccc(Nc2ccccc2)cc1. The summed E-state index contributed by atoms with van der Waals surface area (Å²) in [5.74, 6) is -1.42. The maximum absolute atomic E-state index is 12.3. The molecule has 0 aliphatic carbocycles. The number of rotatable bonds is 9. The zero-order chi connectivity index (χ0) is 20.5. The van der Waals surface area contributed by atoms with Gasteiger partial charge < -0.3 is 15.7 Å². The van der Waals surface area contributed by atoms with Crippen LogP contribution in [0.5, 0.6) is 0 Å². The molecule has 6 heteroatoms. The first-order chi connectivity index (χ1) is 14.1. The van der Waals surface area contributed by atoms with Gasteiger partial charge in [-0.3, -0.25) is 14.9 Å². The number of benzene rings is 3. The number of hydrogen-bond acceptors (Lipinski definition) is 4. The zero-order valence-electron chi connectivity index (χ0n) is 15.8. The minimum Gasteiger partial charge on any atom is -0.480 e. The lowest BCUT2D eigenvalue weighted by atomic mass is 10.1. The lowest BCUT2D eigenvalue weighted by Crippen LogP contribution is -2.39. The molecule has 0 aliphatic heterocycles. The summed E-state index contributed by atoms with van der Waals surface area (Å²) < 4.78 is 0. The third kappa shape index (κ3) is 6.48. The van der Waals surface area contributed by atoms with E-state index in [-0.39, 0.29) is 12.3 Å². The molecule has 6 nitrogen and oxygen atoms in total. The lowest BCUT2D eigenvalue weighted by molar-refractivity contribution is -0.141. The number of aliphatic carboxylic acids is 1. The molecule has 3 rings (SSSR count). The summed E-state index contributed by atoms with van der Waals surface area (Å²) in [6.45, 7) is 0.380. The maximum atomic E-state index is 12.3. The topological polar surface area (TPSA) is 90.5 Å². The van der Waals surface area contributed by atoms with E-state index in [4.69, 9.17) is 0 Å². The van der Waals surface area contributed by atoms with Crippen LogP contribution in [0.4, 0.5) is 17.1 Å². The molecule has 1 atom stereocenters. The predicted molar refractivity (Wildman–Crippen MR) is 114 cm³/mol. The van der Waals surface area contributed by atoms with Crippen LogP contribution in [0.2, 0.25) is 0 Å². The summed E-state index contributed by atoms with van der Waals surface area (Å²) >= 11 is 0. The van der Waals surface area contributed by atoms with E-state index in [1.165, 1.54) is 0 Å². The third-order valence-corrected chi connectivity index (χ3v) is 4.31. The van der Waals surface area contributed by atoms with Crippen molar-refractivity contribution in [2.24, 2.45) is 0 Å². The molecule has 1 unspecified atom stereocenters. The van der Waals surface area contributed by atoms with E-state index in [9.17, 15) is 14.7 Å². The van der Waals surface area contributed by atoms with Gasteiger partial charge in [0, 0.05) is 23.6 Å². The lowest BCUT2D eigenvalue weighted by Gasteiger charge is -2.15. The summed E-state index contributed by atoms with van der Waals surface area (Å²) in [6.07, 6.45) is -0.161. The minimum absolute atomic E-state index is 0.161. The molecule has 148 valence electrons.